The zero-order chi connectivity index (χ0) is 24.0. The van der Waals surface area contributed by atoms with Gasteiger partial charge in [-0.2, -0.15) is 0 Å². The molecule has 0 aromatic heterocycles. The van der Waals surface area contributed by atoms with E-state index in [0.717, 1.165) is 48.3 Å². The largest absolute Gasteiger partial charge is 0.462 e. The molecule has 2 heteroatoms. The van der Waals surface area contributed by atoms with Gasteiger partial charge in [-0.3, -0.25) is 4.79 Å². The summed E-state index contributed by atoms with van der Waals surface area (Å²) in [5.41, 5.74) is 2.52. The lowest BCUT2D eigenvalue weighted by molar-refractivity contribution is -0.155. The molecule has 3 saturated carbocycles. The molecule has 188 valence electrons. The van der Waals surface area contributed by atoms with E-state index in [1.807, 2.05) is 13.8 Å². The van der Waals surface area contributed by atoms with Crippen LogP contribution in [0.4, 0.5) is 0 Å². The van der Waals surface area contributed by atoms with Gasteiger partial charge in [0.25, 0.3) is 0 Å². The number of hydrogen-bond donors (Lipinski definition) is 0. The number of carbonyl (C=O) groups is 1. The summed E-state index contributed by atoms with van der Waals surface area (Å²) in [4.78, 5) is 12.2. The van der Waals surface area contributed by atoms with Crippen molar-refractivity contribution in [2.45, 2.75) is 125 Å². The average Bonchev–Trinajstić information content (AvgIpc) is 3.11. The zero-order valence-electron chi connectivity index (χ0n) is 22.8. The Bertz CT molecular complexity index is 735. The van der Waals surface area contributed by atoms with Crippen LogP contribution in [-0.4, -0.2) is 12.1 Å². The minimum Gasteiger partial charge on any atom is -0.462 e. The Morgan fingerprint density at radius 3 is 2.45 bits per heavy atom. The van der Waals surface area contributed by atoms with Crippen LogP contribution < -0.4 is 0 Å². The van der Waals surface area contributed by atoms with Gasteiger partial charge < -0.3 is 4.74 Å². The lowest BCUT2D eigenvalue weighted by atomic mass is 9.47. The van der Waals surface area contributed by atoms with Gasteiger partial charge in [-0.25, -0.2) is 0 Å². The van der Waals surface area contributed by atoms with Gasteiger partial charge in [0.2, 0.25) is 0 Å². The Balaban J connectivity index is 1.45. The van der Waals surface area contributed by atoms with Crippen molar-refractivity contribution in [1.29, 1.82) is 0 Å². The SMILES string of the molecule is CC(C)CCC[C@@H](C)C1CCC2[C@@H]3CC=C4C[C@@H](OC(=O)C(C)C)CC[C@]4(C)[C@H]3CC[C@]12C. The molecule has 33 heavy (non-hydrogen) atoms. The summed E-state index contributed by atoms with van der Waals surface area (Å²) in [5.74, 6) is 5.24. The van der Waals surface area contributed by atoms with E-state index in [4.69, 9.17) is 4.74 Å². The van der Waals surface area contributed by atoms with Gasteiger partial charge in [0.1, 0.15) is 6.10 Å². The fraction of sp³-hybridized carbons (Fsp3) is 0.903. The van der Waals surface area contributed by atoms with Crippen LogP contribution in [0.3, 0.4) is 0 Å². The van der Waals surface area contributed by atoms with Crippen LogP contribution in [0.25, 0.3) is 0 Å². The van der Waals surface area contributed by atoms with Crippen molar-refractivity contribution in [3.8, 4) is 0 Å². The van der Waals surface area contributed by atoms with Crippen molar-refractivity contribution in [2.24, 2.45) is 52.3 Å². The highest BCUT2D eigenvalue weighted by Crippen LogP contribution is 2.67. The van der Waals surface area contributed by atoms with Crippen LogP contribution in [0.1, 0.15) is 119 Å². The van der Waals surface area contributed by atoms with Crippen molar-refractivity contribution in [3.05, 3.63) is 11.6 Å². The van der Waals surface area contributed by atoms with Gasteiger partial charge in [0.05, 0.1) is 5.92 Å². The van der Waals surface area contributed by atoms with E-state index in [2.05, 4.69) is 40.7 Å². The lowest BCUT2D eigenvalue weighted by Crippen LogP contribution is -2.51. The first kappa shape index (κ1) is 25.3. The highest BCUT2D eigenvalue weighted by molar-refractivity contribution is 5.71. The van der Waals surface area contributed by atoms with Gasteiger partial charge in [-0.15, -0.1) is 0 Å². The van der Waals surface area contributed by atoms with Crippen LogP contribution in [0.15, 0.2) is 11.6 Å². The van der Waals surface area contributed by atoms with Gasteiger partial charge >= 0.3 is 5.97 Å². The van der Waals surface area contributed by atoms with Crippen LogP contribution in [0, 0.1) is 52.3 Å². The van der Waals surface area contributed by atoms with E-state index >= 15 is 0 Å². The molecule has 4 aliphatic rings. The van der Waals surface area contributed by atoms with E-state index in [9.17, 15) is 4.79 Å². The first-order chi connectivity index (χ1) is 15.6. The fourth-order valence-corrected chi connectivity index (χ4v) is 9.05. The molecule has 2 nitrogen and oxygen atoms in total. The van der Waals surface area contributed by atoms with Gasteiger partial charge in [0.15, 0.2) is 0 Å². The maximum absolute atomic E-state index is 12.2. The number of fused-ring (bicyclic) bond motifs is 5. The number of allylic oxidation sites excluding steroid dienone is 1. The van der Waals surface area contributed by atoms with Crippen LogP contribution in [-0.2, 0) is 9.53 Å². The number of ether oxygens (including phenoxy) is 1. The molecule has 0 aromatic carbocycles. The van der Waals surface area contributed by atoms with E-state index < -0.39 is 0 Å². The van der Waals surface area contributed by atoms with Crippen LogP contribution >= 0.6 is 0 Å². The number of carbonyl (C=O) groups excluding carboxylic acids is 1. The van der Waals surface area contributed by atoms with E-state index in [0.29, 0.717) is 10.8 Å². The molecule has 0 amide bonds. The second-order valence-corrected chi connectivity index (χ2v) is 13.7. The molecule has 0 spiro atoms. The van der Waals surface area contributed by atoms with Gasteiger partial charge in [0, 0.05) is 6.42 Å². The van der Waals surface area contributed by atoms with Crippen molar-refractivity contribution < 1.29 is 9.53 Å². The summed E-state index contributed by atoms with van der Waals surface area (Å²) < 4.78 is 5.88. The molecule has 0 bridgehead atoms. The Kier molecular flexibility index (Phi) is 7.43. The van der Waals surface area contributed by atoms with Crippen molar-refractivity contribution in [3.63, 3.8) is 0 Å². The molecule has 4 rings (SSSR count). The van der Waals surface area contributed by atoms with Gasteiger partial charge in [-0.05, 0) is 91.3 Å². The highest BCUT2D eigenvalue weighted by atomic mass is 16.5. The van der Waals surface area contributed by atoms with E-state index in [1.54, 1.807) is 5.57 Å². The molecule has 8 atom stereocenters. The number of rotatable bonds is 7. The van der Waals surface area contributed by atoms with Crippen LogP contribution in [0.5, 0.6) is 0 Å². The molecule has 0 N–H and O–H groups in total. The van der Waals surface area contributed by atoms with Crippen molar-refractivity contribution >= 4 is 5.97 Å². The third-order valence-corrected chi connectivity index (χ3v) is 11.0. The molecule has 0 heterocycles. The second kappa shape index (κ2) is 9.69. The summed E-state index contributed by atoms with van der Waals surface area (Å²) in [5, 5.41) is 0. The second-order valence-electron chi connectivity index (χ2n) is 13.7. The Morgan fingerprint density at radius 1 is 1.00 bits per heavy atom. The zero-order valence-corrected chi connectivity index (χ0v) is 22.8. The standard InChI is InChI=1S/C31H52O2/c1-20(2)9-8-10-22(5)26-13-14-27-25-12-11-23-19-24(33-29(32)21(3)4)15-17-30(23,6)28(25)16-18-31(26,27)7/h11,20-22,24-28H,8-10,12-19H2,1-7H3/t22-,24+,25+,26?,27?,28+,30+,31-/m1/s1. The predicted molar refractivity (Wildman–Crippen MR) is 138 cm³/mol. The molecule has 0 aliphatic heterocycles. The molecule has 2 unspecified atom stereocenters. The first-order valence-corrected chi connectivity index (χ1v) is 14.5. The van der Waals surface area contributed by atoms with Crippen LogP contribution in [0.2, 0.25) is 0 Å². The molecule has 4 aliphatic carbocycles. The minimum atomic E-state index is -0.0258. The van der Waals surface area contributed by atoms with E-state index in [-0.39, 0.29) is 18.0 Å². The monoisotopic (exact) mass is 456 g/mol. The minimum absolute atomic E-state index is 0.0224. The Hall–Kier alpha value is -0.790. The average molecular weight is 457 g/mol. The van der Waals surface area contributed by atoms with Gasteiger partial charge in [-0.1, -0.05) is 79.4 Å². The summed E-state index contributed by atoms with van der Waals surface area (Å²) in [6, 6.07) is 0. The Labute approximate surface area is 204 Å². The topological polar surface area (TPSA) is 26.3 Å². The molecule has 0 saturated heterocycles. The third kappa shape index (κ3) is 4.71. The summed E-state index contributed by atoms with van der Waals surface area (Å²) in [6.07, 6.45) is 17.2. The Morgan fingerprint density at radius 2 is 1.76 bits per heavy atom. The lowest BCUT2D eigenvalue weighted by Gasteiger charge is -2.58. The van der Waals surface area contributed by atoms with Crippen molar-refractivity contribution in [1.82, 2.24) is 0 Å². The maximum atomic E-state index is 12.2. The fourth-order valence-electron chi connectivity index (χ4n) is 9.05. The summed E-state index contributed by atoms with van der Waals surface area (Å²) in [7, 11) is 0. The highest BCUT2D eigenvalue weighted by Gasteiger charge is 2.59. The molecular weight excluding hydrogens is 404 g/mol. The molecule has 0 radical (unpaired) electrons. The van der Waals surface area contributed by atoms with E-state index in [1.165, 1.54) is 57.8 Å². The smallest absolute Gasteiger partial charge is 0.308 e. The molecule has 0 aromatic rings. The molecule has 3 fully saturated rings. The first-order valence-electron chi connectivity index (χ1n) is 14.5. The van der Waals surface area contributed by atoms with Crippen molar-refractivity contribution in [2.75, 3.05) is 0 Å². The maximum Gasteiger partial charge on any atom is 0.308 e. The normalized spacial score (nSPS) is 41.2. The predicted octanol–water partition coefficient (Wildman–Crippen LogP) is 8.60. The number of hydrogen-bond acceptors (Lipinski definition) is 2. The summed E-state index contributed by atoms with van der Waals surface area (Å²) >= 11 is 0. The molecular formula is C31H52O2. The number of esters is 1. The quantitative estimate of drug-likeness (QED) is 0.283. The summed E-state index contributed by atoms with van der Waals surface area (Å²) in [6.45, 7) is 16.5. The third-order valence-electron chi connectivity index (χ3n) is 11.0.